The van der Waals surface area contributed by atoms with Crippen LogP contribution in [0, 0.1) is 6.92 Å². The minimum Gasteiger partial charge on any atom is -0.496 e. The molecular formula is C23H30N2O5. The fourth-order valence-corrected chi connectivity index (χ4v) is 3.94. The van der Waals surface area contributed by atoms with Crippen LogP contribution < -0.4 is 15.4 Å². The van der Waals surface area contributed by atoms with Gasteiger partial charge in [-0.2, -0.15) is 0 Å². The Kier molecular flexibility index (Phi) is 6.82. The van der Waals surface area contributed by atoms with Gasteiger partial charge in [-0.25, -0.2) is 0 Å². The Balaban J connectivity index is 1.90. The van der Waals surface area contributed by atoms with Gasteiger partial charge in [0.15, 0.2) is 5.76 Å². The van der Waals surface area contributed by atoms with Crippen LogP contribution in [0.25, 0.3) is 0 Å². The highest BCUT2D eigenvalue weighted by atomic mass is 16.5. The Morgan fingerprint density at radius 3 is 2.47 bits per heavy atom. The first-order valence-electron chi connectivity index (χ1n) is 10.3. The van der Waals surface area contributed by atoms with Crippen molar-refractivity contribution in [2.45, 2.75) is 57.6 Å². The van der Waals surface area contributed by atoms with E-state index in [-0.39, 0.29) is 35.6 Å². The Morgan fingerprint density at radius 1 is 1.17 bits per heavy atom. The number of rotatable bonds is 6. The maximum absolute atomic E-state index is 13.1. The van der Waals surface area contributed by atoms with Crippen LogP contribution in [0.15, 0.2) is 28.7 Å². The fraction of sp³-hybridized carbons (Fsp3) is 0.478. The molecule has 2 aromatic rings. The number of aliphatic hydroxyl groups excluding tert-OH is 1. The number of hydrogen-bond acceptors (Lipinski definition) is 5. The van der Waals surface area contributed by atoms with Gasteiger partial charge >= 0.3 is 0 Å². The number of amides is 2. The maximum atomic E-state index is 13.1. The average Bonchev–Trinajstić information content (AvgIpc) is 3.20. The third-order valence-corrected chi connectivity index (χ3v) is 5.80. The van der Waals surface area contributed by atoms with Gasteiger partial charge in [0.25, 0.3) is 11.8 Å². The fourth-order valence-electron chi connectivity index (χ4n) is 3.94. The minimum atomic E-state index is -0.380. The summed E-state index contributed by atoms with van der Waals surface area (Å²) >= 11 is 0. The number of aliphatic hydroxyl groups is 1. The van der Waals surface area contributed by atoms with Crippen molar-refractivity contribution < 1.29 is 23.8 Å². The summed E-state index contributed by atoms with van der Waals surface area (Å²) in [5, 5.41) is 15.3. The van der Waals surface area contributed by atoms with Crippen molar-refractivity contribution in [3.8, 4) is 5.75 Å². The van der Waals surface area contributed by atoms with Crippen LogP contribution >= 0.6 is 0 Å². The molecule has 1 aromatic heterocycles. The van der Waals surface area contributed by atoms with E-state index < -0.39 is 0 Å². The summed E-state index contributed by atoms with van der Waals surface area (Å²) in [6.45, 7) is 3.90. The van der Waals surface area contributed by atoms with E-state index in [2.05, 4.69) is 10.6 Å². The van der Waals surface area contributed by atoms with E-state index in [0.717, 1.165) is 29.7 Å². The number of hydrogen-bond donors (Lipinski definition) is 3. The van der Waals surface area contributed by atoms with E-state index in [9.17, 15) is 14.7 Å². The standard InChI is InChI=1S/C23H30N2O5/c1-13-11-15(5-10-19(13)29-4)14(2)21-18(12-20(30-21)23(28)24-3)22(27)25-16-6-8-17(26)9-7-16/h5,10-12,14,16-17,26H,6-9H2,1-4H3,(H,24,28)(H,25,27)/t14-,16?,17?/m0/s1. The molecule has 0 saturated heterocycles. The third kappa shape index (κ3) is 4.67. The second-order valence-corrected chi connectivity index (χ2v) is 7.90. The van der Waals surface area contributed by atoms with Crippen LogP contribution in [0.4, 0.5) is 0 Å². The van der Waals surface area contributed by atoms with E-state index in [4.69, 9.17) is 9.15 Å². The van der Waals surface area contributed by atoms with Crippen LogP contribution in [-0.4, -0.2) is 43.2 Å². The molecule has 1 saturated carbocycles. The number of ether oxygens (including phenoxy) is 1. The Bertz CT molecular complexity index is 912. The molecule has 1 aliphatic rings. The van der Waals surface area contributed by atoms with Crippen LogP contribution in [0.5, 0.6) is 5.75 Å². The molecule has 3 rings (SSSR count). The molecule has 1 fully saturated rings. The van der Waals surface area contributed by atoms with Crippen LogP contribution in [0.2, 0.25) is 0 Å². The molecule has 7 nitrogen and oxygen atoms in total. The lowest BCUT2D eigenvalue weighted by molar-refractivity contribution is 0.0864. The monoisotopic (exact) mass is 414 g/mol. The van der Waals surface area contributed by atoms with Crippen LogP contribution in [-0.2, 0) is 0 Å². The summed E-state index contributed by atoms with van der Waals surface area (Å²) in [5.74, 6) is 0.465. The van der Waals surface area contributed by atoms with E-state index in [1.807, 2.05) is 32.0 Å². The topological polar surface area (TPSA) is 101 Å². The van der Waals surface area contributed by atoms with Crippen molar-refractivity contribution in [3.05, 3.63) is 52.5 Å². The third-order valence-electron chi connectivity index (χ3n) is 5.80. The molecule has 1 atom stereocenters. The van der Waals surface area contributed by atoms with Crippen molar-refractivity contribution >= 4 is 11.8 Å². The number of carbonyl (C=O) groups excluding carboxylic acids is 2. The quantitative estimate of drug-likeness (QED) is 0.674. The zero-order chi connectivity index (χ0) is 21.8. The van der Waals surface area contributed by atoms with Crippen molar-refractivity contribution in [1.29, 1.82) is 0 Å². The summed E-state index contributed by atoms with van der Waals surface area (Å²) in [7, 11) is 3.15. The molecule has 30 heavy (non-hydrogen) atoms. The Morgan fingerprint density at radius 2 is 1.87 bits per heavy atom. The first-order valence-corrected chi connectivity index (χ1v) is 10.3. The van der Waals surface area contributed by atoms with E-state index in [1.165, 1.54) is 13.1 Å². The van der Waals surface area contributed by atoms with Gasteiger partial charge in [0.05, 0.1) is 18.8 Å². The van der Waals surface area contributed by atoms with Crippen molar-refractivity contribution in [2.75, 3.05) is 14.2 Å². The number of nitrogens with one attached hydrogen (secondary N) is 2. The van der Waals surface area contributed by atoms with Crippen molar-refractivity contribution in [2.24, 2.45) is 0 Å². The highest BCUT2D eigenvalue weighted by Gasteiger charge is 2.28. The Hall–Kier alpha value is -2.80. The van der Waals surface area contributed by atoms with Gasteiger partial charge in [0, 0.05) is 25.1 Å². The molecule has 162 valence electrons. The lowest BCUT2D eigenvalue weighted by atomic mass is 9.92. The second kappa shape index (κ2) is 9.34. The van der Waals surface area contributed by atoms with Crippen molar-refractivity contribution in [1.82, 2.24) is 10.6 Å². The van der Waals surface area contributed by atoms with Gasteiger partial charge in [-0.05, 0) is 49.8 Å². The zero-order valence-corrected chi connectivity index (χ0v) is 18.0. The zero-order valence-electron chi connectivity index (χ0n) is 18.0. The van der Waals surface area contributed by atoms with Gasteiger partial charge in [-0.1, -0.05) is 19.1 Å². The number of methoxy groups -OCH3 is 1. The Labute approximate surface area is 176 Å². The summed E-state index contributed by atoms with van der Waals surface area (Å²) in [5.41, 5.74) is 2.30. The second-order valence-electron chi connectivity index (χ2n) is 7.90. The molecule has 0 bridgehead atoms. The van der Waals surface area contributed by atoms with Gasteiger partial charge in [-0.15, -0.1) is 0 Å². The first kappa shape index (κ1) is 21.9. The molecule has 1 heterocycles. The lowest BCUT2D eigenvalue weighted by Gasteiger charge is -2.26. The molecule has 0 aliphatic heterocycles. The molecule has 3 N–H and O–H groups in total. The normalized spacial score (nSPS) is 19.8. The number of benzene rings is 1. The smallest absolute Gasteiger partial charge is 0.286 e. The number of aryl methyl sites for hydroxylation is 1. The predicted octanol–water partition coefficient (Wildman–Crippen LogP) is 3.14. The molecule has 1 aromatic carbocycles. The van der Waals surface area contributed by atoms with Crippen LogP contribution in [0.3, 0.4) is 0 Å². The molecule has 0 spiro atoms. The van der Waals surface area contributed by atoms with E-state index in [0.29, 0.717) is 24.2 Å². The number of carbonyl (C=O) groups is 2. The van der Waals surface area contributed by atoms with Gasteiger partial charge in [0.1, 0.15) is 11.5 Å². The lowest BCUT2D eigenvalue weighted by Crippen LogP contribution is -2.38. The maximum Gasteiger partial charge on any atom is 0.286 e. The molecule has 0 radical (unpaired) electrons. The first-order chi connectivity index (χ1) is 14.3. The highest BCUT2D eigenvalue weighted by Crippen LogP contribution is 2.32. The molecule has 2 amide bonds. The SMILES string of the molecule is CNC(=O)c1cc(C(=O)NC2CCC(O)CC2)c([C@@H](C)c2ccc(OC)c(C)c2)o1. The van der Waals surface area contributed by atoms with Gasteiger partial charge < -0.3 is 24.9 Å². The minimum absolute atomic E-state index is 0.00522. The molecular weight excluding hydrogens is 384 g/mol. The summed E-state index contributed by atoms with van der Waals surface area (Å²) in [4.78, 5) is 25.2. The molecule has 0 unspecified atom stereocenters. The highest BCUT2D eigenvalue weighted by molar-refractivity contribution is 5.99. The molecule has 7 heteroatoms. The largest absolute Gasteiger partial charge is 0.496 e. The number of furan rings is 1. The van der Waals surface area contributed by atoms with E-state index >= 15 is 0 Å². The van der Waals surface area contributed by atoms with Gasteiger partial charge in [-0.3, -0.25) is 9.59 Å². The average molecular weight is 415 g/mol. The molecule has 1 aliphatic carbocycles. The van der Waals surface area contributed by atoms with Crippen LogP contribution in [0.1, 0.15) is 76.3 Å². The van der Waals surface area contributed by atoms with Gasteiger partial charge in [0.2, 0.25) is 0 Å². The summed E-state index contributed by atoms with van der Waals surface area (Å²) in [6, 6.07) is 7.33. The van der Waals surface area contributed by atoms with E-state index in [1.54, 1.807) is 7.11 Å². The summed E-state index contributed by atoms with van der Waals surface area (Å²) in [6.07, 6.45) is 2.52. The van der Waals surface area contributed by atoms with Crippen molar-refractivity contribution in [3.63, 3.8) is 0 Å². The summed E-state index contributed by atoms with van der Waals surface area (Å²) < 4.78 is 11.2. The predicted molar refractivity (Wildman–Crippen MR) is 113 cm³/mol.